The molecule has 4 nitrogen and oxygen atoms in total. The van der Waals surface area contributed by atoms with Gasteiger partial charge in [-0.1, -0.05) is 19.1 Å². The SMILES string of the molecule is CCCNC(Cc1nc2ccccc2o1)C1CCCCO1. The van der Waals surface area contributed by atoms with Crippen LogP contribution in [0.25, 0.3) is 11.1 Å². The van der Waals surface area contributed by atoms with Crippen LogP contribution in [0.1, 0.15) is 38.5 Å². The third kappa shape index (κ3) is 3.63. The van der Waals surface area contributed by atoms with E-state index in [9.17, 15) is 0 Å². The minimum atomic E-state index is 0.278. The van der Waals surface area contributed by atoms with Crippen molar-refractivity contribution in [2.24, 2.45) is 0 Å². The smallest absolute Gasteiger partial charge is 0.197 e. The third-order valence-corrected chi connectivity index (χ3v) is 4.05. The van der Waals surface area contributed by atoms with Crippen molar-refractivity contribution in [1.29, 1.82) is 0 Å². The Balaban J connectivity index is 1.72. The zero-order valence-corrected chi connectivity index (χ0v) is 12.7. The molecule has 1 saturated heterocycles. The number of nitrogens with zero attached hydrogens (tertiary/aromatic N) is 1. The molecule has 0 amide bonds. The van der Waals surface area contributed by atoms with Crippen LogP contribution in [0.2, 0.25) is 0 Å². The molecular weight excluding hydrogens is 264 g/mol. The van der Waals surface area contributed by atoms with Crippen LogP contribution >= 0.6 is 0 Å². The Labute approximate surface area is 125 Å². The summed E-state index contributed by atoms with van der Waals surface area (Å²) in [5.74, 6) is 0.805. The predicted molar refractivity (Wildman–Crippen MR) is 83.4 cm³/mol. The summed E-state index contributed by atoms with van der Waals surface area (Å²) in [6.45, 7) is 4.07. The summed E-state index contributed by atoms with van der Waals surface area (Å²) in [7, 11) is 0. The molecule has 114 valence electrons. The molecule has 1 fully saturated rings. The molecule has 1 aliphatic rings. The van der Waals surface area contributed by atoms with Crippen LogP contribution in [0.3, 0.4) is 0 Å². The van der Waals surface area contributed by atoms with Gasteiger partial charge in [-0.25, -0.2) is 4.98 Å². The number of hydrogen-bond donors (Lipinski definition) is 1. The highest BCUT2D eigenvalue weighted by Gasteiger charge is 2.25. The second-order valence-electron chi connectivity index (χ2n) is 5.75. The number of benzene rings is 1. The van der Waals surface area contributed by atoms with Gasteiger partial charge in [-0.05, 0) is 44.4 Å². The van der Waals surface area contributed by atoms with Gasteiger partial charge in [-0.3, -0.25) is 0 Å². The summed E-state index contributed by atoms with van der Waals surface area (Å²) < 4.78 is 11.8. The van der Waals surface area contributed by atoms with E-state index in [0.29, 0.717) is 6.04 Å². The van der Waals surface area contributed by atoms with Gasteiger partial charge in [0.15, 0.2) is 11.5 Å². The first-order valence-electron chi connectivity index (χ1n) is 8.06. The zero-order chi connectivity index (χ0) is 14.5. The molecule has 2 atom stereocenters. The maximum atomic E-state index is 5.95. The maximum absolute atomic E-state index is 5.95. The summed E-state index contributed by atoms with van der Waals surface area (Å²) in [6, 6.07) is 8.23. The lowest BCUT2D eigenvalue weighted by atomic mass is 9.99. The summed E-state index contributed by atoms with van der Waals surface area (Å²) in [4.78, 5) is 4.59. The number of rotatable bonds is 6. The minimum Gasteiger partial charge on any atom is -0.441 e. The number of fused-ring (bicyclic) bond motifs is 1. The molecule has 0 radical (unpaired) electrons. The van der Waals surface area contributed by atoms with Gasteiger partial charge in [-0.15, -0.1) is 0 Å². The number of aromatic nitrogens is 1. The standard InChI is InChI=1S/C17H24N2O2/c1-2-10-18-14(15-8-5-6-11-20-15)12-17-19-13-7-3-4-9-16(13)21-17/h3-4,7,9,14-15,18H,2,5-6,8,10-12H2,1H3. The lowest BCUT2D eigenvalue weighted by Crippen LogP contribution is -2.44. The number of para-hydroxylation sites is 2. The molecule has 2 heterocycles. The lowest BCUT2D eigenvalue weighted by molar-refractivity contribution is -0.00849. The Kier molecular flexibility index (Phi) is 4.88. The van der Waals surface area contributed by atoms with Crippen LogP contribution in [0.15, 0.2) is 28.7 Å². The molecule has 1 N–H and O–H groups in total. The molecule has 0 saturated carbocycles. The Hall–Kier alpha value is -1.39. The summed E-state index contributed by atoms with van der Waals surface area (Å²) in [5, 5.41) is 3.61. The second-order valence-corrected chi connectivity index (χ2v) is 5.75. The van der Waals surface area contributed by atoms with Gasteiger partial charge in [0.05, 0.1) is 6.10 Å². The number of ether oxygens (including phenoxy) is 1. The highest BCUT2D eigenvalue weighted by atomic mass is 16.5. The maximum Gasteiger partial charge on any atom is 0.197 e. The van der Waals surface area contributed by atoms with Crippen molar-refractivity contribution in [2.45, 2.75) is 51.2 Å². The number of nitrogens with one attached hydrogen (secondary N) is 1. The summed E-state index contributed by atoms with van der Waals surface area (Å²) >= 11 is 0. The summed E-state index contributed by atoms with van der Waals surface area (Å²) in [6.07, 6.45) is 5.75. The van der Waals surface area contributed by atoms with Gasteiger partial charge >= 0.3 is 0 Å². The predicted octanol–water partition coefficient (Wildman–Crippen LogP) is 3.31. The highest BCUT2D eigenvalue weighted by molar-refractivity contribution is 5.72. The van der Waals surface area contributed by atoms with Crippen molar-refractivity contribution in [3.63, 3.8) is 0 Å². The first kappa shape index (κ1) is 14.5. The molecule has 4 heteroatoms. The molecule has 21 heavy (non-hydrogen) atoms. The molecule has 1 aromatic heterocycles. The normalized spacial score (nSPS) is 20.7. The van der Waals surface area contributed by atoms with E-state index in [4.69, 9.17) is 9.15 Å². The first-order valence-corrected chi connectivity index (χ1v) is 8.06. The van der Waals surface area contributed by atoms with Crippen molar-refractivity contribution in [2.75, 3.05) is 13.2 Å². The van der Waals surface area contributed by atoms with Gasteiger partial charge < -0.3 is 14.5 Å². The van der Waals surface area contributed by atoms with Crippen LogP contribution < -0.4 is 5.32 Å². The topological polar surface area (TPSA) is 47.3 Å². The fraction of sp³-hybridized carbons (Fsp3) is 0.588. The number of oxazole rings is 1. The van der Waals surface area contributed by atoms with E-state index in [1.165, 1.54) is 12.8 Å². The molecule has 2 aromatic rings. The van der Waals surface area contributed by atoms with E-state index in [1.54, 1.807) is 0 Å². The number of hydrogen-bond acceptors (Lipinski definition) is 4. The third-order valence-electron chi connectivity index (χ3n) is 4.05. The molecular formula is C17H24N2O2. The quantitative estimate of drug-likeness (QED) is 0.886. The van der Waals surface area contributed by atoms with E-state index in [2.05, 4.69) is 17.2 Å². The molecule has 2 unspecified atom stereocenters. The van der Waals surface area contributed by atoms with Gasteiger partial charge in [0, 0.05) is 19.1 Å². The first-order chi connectivity index (χ1) is 10.4. The van der Waals surface area contributed by atoms with Crippen LogP contribution in [0, 0.1) is 0 Å². The van der Waals surface area contributed by atoms with E-state index < -0.39 is 0 Å². The van der Waals surface area contributed by atoms with Crippen molar-refractivity contribution in [3.05, 3.63) is 30.2 Å². The van der Waals surface area contributed by atoms with E-state index in [-0.39, 0.29) is 6.10 Å². The summed E-state index contributed by atoms with van der Waals surface area (Å²) in [5.41, 5.74) is 1.80. The van der Waals surface area contributed by atoms with Crippen LogP contribution in [-0.4, -0.2) is 30.3 Å². The van der Waals surface area contributed by atoms with Gasteiger partial charge in [0.1, 0.15) is 5.52 Å². The largest absolute Gasteiger partial charge is 0.441 e. The molecule has 0 bridgehead atoms. The van der Waals surface area contributed by atoms with Crippen LogP contribution in [0.4, 0.5) is 0 Å². The van der Waals surface area contributed by atoms with E-state index >= 15 is 0 Å². The Morgan fingerprint density at radius 2 is 2.24 bits per heavy atom. The Morgan fingerprint density at radius 1 is 1.33 bits per heavy atom. The highest BCUT2D eigenvalue weighted by Crippen LogP contribution is 2.21. The molecule has 0 aliphatic carbocycles. The molecule has 1 aromatic carbocycles. The van der Waals surface area contributed by atoms with Crippen LogP contribution in [0.5, 0.6) is 0 Å². The van der Waals surface area contributed by atoms with Crippen molar-refractivity contribution < 1.29 is 9.15 Å². The zero-order valence-electron chi connectivity index (χ0n) is 12.7. The fourth-order valence-electron chi connectivity index (χ4n) is 2.94. The second kappa shape index (κ2) is 7.05. The Morgan fingerprint density at radius 3 is 3.00 bits per heavy atom. The van der Waals surface area contributed by atoms with Gasteiger partial charge in [0.2, 0.25) is 0 Å². The Bertz CT molecular complexity index is 528. The lowest BCUT2D eigenvalue weighted by Gasteiger charge is -2.30. The van der Waals surface area contributed by atoms with Crippen molar-refractivity contribution in [3.8, 4) is 0 Å². The average Bonchev–Trinajstić information content (AvgIpc) is 2.94. The van der Waals surface area contributed by atoms with Gasteiger partial charge in [0.25, 0.3) is 0 Å². The van der Waals surface area contributed by atoms with E-state index in [1.807, 2.05) is 24.3 Å². The van der Waals surface area contributed by atoms with Gasteiger partial charge in [-0.2, -0.15) is 0 Å². The fourth-order valence-corrected chi connectivity index (χ4v) is 2.94. The van der Waals surface area contributed by atoms with Crippen molar-refractivity contribution >= 4 is 11.1 Å². The van der Waals surface area contributed by atoms with Crippen molar-refractivity contribution in [1.82, 2.24) is 10.3 Å². The molecule has 0 spiro atoms. The minimum absolute atomic E-state index is 0.278. The average molecular weight is 288 g/mol. The van der Waals surface area contributed by atoms with E-state index in [0.717, 1.165) is 49.4 Å². The van der Waals surface area contributed by atoms with Crippen LogP contribution in [-0.2, 0) is 11.2 Å². The molecule has 1 aliphatic heterocycles. The molecule has 3 rings (SSSR count). The monoisotopic (exact) mass is 288 g/mol.